The Morgan fingerprint density at radius 1 is 1.15 bits per heavy atom. The number of furan rings is 1. The molecule has 0 radical (unpaired) electrons. The van der Waals surface area contributed by atoms with Gasteiger partial charge in [0.25, 0.3) is 0 Å². The van der Waals surface area contributed by atoms with Crippen molar-refractivity contribution in [3.05, 3.63) is 53.9 Å². The third-order valence-electron chi connectivity index (χ3n) is 6.40. The first-order valence-electron chi connectivity index (χ1n) is 11.5. The minimum Gasteiger partial charge on any atom is -0.477 e. The van der Waals surface area contributed by atoms with Gasteiger partial charge in [0.1, 0.15) is 17.4 Å². The zero-order valence-electron chi connectivity index (χ0n) is 19.6. The second kappa shape index (κ2) is 9.56. The number of carbonyl (C=O) groups is 2. The number of anilines is 1. The predicted octanol–water partition coefficient (Wildman–Crippen LogP) is 5.27. The van der Waals surface area contributed by atoms with Crippen LogP contribution in [0.4, 0.5) is 5.82 Å². The van der Waals surface area contributed by atoms with Gasteiger partial charge in [0, 0.05) is 23.7 Å². The van der Waals surface area contributed by atoms with E-state index in [1.54, 1.807) is 29.2 Å². The lowest BCUT2D eigenvalue weighted by Crippen LogP contribution is -2.43. The third kappa shape index (κ3) is 4.60. The molecule has 34 heavy (non-hydrogen) atoms. The zero-order chi connectivity index (χ0) is 24.4. The fourth-order valence-electron chi connectivity index (χ4n) is 4.46. The molecule has 0 aliphatic heterocycles. The molecule has 8 nitrogen and oxygen atoms in total. The fraction of sp³-hybridized carbons (Fsp3) is 0.385. The van der Waals surface area contributed by atoms with E-state index in [0.29, 0.717) is 17.4 Å². The van der Waals surface area contributed by atoms with E-state index in [-0.39, 0.29) is 35.0 Å². The first-order chi connectivity index (χ1) is 16.3. The van der Waals surface area contributed by atoms with Crippen LogP contribution in [0.25, 0.3) is 17.0 Å². The molecule has 176 valence electrons. The molecule has 1 aliphatic carbocycles. The van der Waals surface area contributed by atoms with Crippen molar-refractivity contribution in [2.45, 2.75) is 52.5 Å². The molecule has 2 heterocycles. The van der Waals surface area contributed by atoms with E-state index >= 15 is 0 Å². The maximum atomic E-state index is 13.4. The standard InChI is InChI=1S/C26H28N4O4/c1-16(2)30(25(31)19-6-4-17(3)5-7-19)24-22(26(32)33)15-29(28-24)20-10-8-18(9-11-20)23-13-12-21(14-27)34-23/h8-13,15-17,19H,4-7H2,1-3H3,(H,32,33)/t17-,19-. The Morgan fingerprint density at radius 3 is 2.38 bits per heavy atom. The van der Waals surface area contributed by atoms with E-state index < -0.39 is 5.97 Å². The minimum atomic E-state index is -1.13. The minimum absolute atomic E-state index is 0.0139. The van der Waals surface area contributed by atoms with Crippen LogP contribution >= 0.6 is 0 Å². The molecule has 1 N–H and O–H groups in total. The van der Waals surface area contributed by atoms with Crippen molar-refractivity contribution in [2.75, 3.05) is 4.90 Å². The zero-order valence-corrected chi connectivity index (χ0v) is 19.6. The van der Waals surface area contributed by atoms with Crippen molar-refractivity contribution in [3.63, 3.8) is 0 Å². The number of aromatic nitrogens is 2. The van der Waals surface area contributed by atoms with Gasteiger partial charge in [0.05, 0.1) is 5.69 Å². The first-order valence-corrected chi connectivity index (χ1v) is 11.5. The average Bonchev–Trinajstić information content (AvgIpc) is 3.47. The van der Waals surface area contributed by atoms with Crippen LogP contribution in [0.2, 0.25) is 0 Å². The van der Waals surface area contributed by atoms with Crippen LogP contribution < -0.4 is 4.90 Å². The SMILES string of the molecule is CC(C)N(c1nn(-c2ccc(-c3ccc(C#N)o3)cc2)cc1C(=O)O)C(=O)[C@H]1CC[C@H](C)CC1. The van der Waals surface area contributed by atoms with Crippen LogP contribution in [0.1, 0.15) is 62.6 Å². The maximum absolute atomic E-state index is 13.4. The van der Waals surface area contributed by atoms with Gasteiger partial charge in [-0.05, 0) is 81.8 Å². The lowest BCUT2D eigenvalue weighted by molar-refractivity contribution is -0.124. The lowest BCUT2D eigenvalue weighted by atomic mass is 9.82. The van der Waals surface area contributed by atoms with Crippen molar-refractivity contribution in [2.24, 2.45) is 11.8 Å². The summed E-state index contributed by atoms with van der Waals surface area (Å²) < 4.78 is 6.95. The van der Waals surface area contributed by atoms with E-state index in [2.05, 4.69) is 12.0 Å². The molecule has 1 saturated carbocycles. The summed E-state index contributed by atoms with van der Waals surface area (Å²) >= 11 is 0. The maximum Gasteiger partial charge on any atom is 0.341 e. The van der Waals surface area contributed by atoms with Crippen molar-refractivity contribution >= 4 is 17.7 Å². The van der Waals surface area contributed by atoms with Crippen molar-refractivity contribution in [3.8, 4) is 23.1 Å². The van der Waals surface area contributed by atoms with Gasteiger partial charge in [0.2, 0.25) is 11.7 Å². The summed E-state index contributed by atoms with van der Waals surface area (Å²) in [4.78, 5) is 27.1. The Morgan fingerprint density at radius 2 is 1.82 bits per heavy atom. The number of amides is 1. The van der Waals surface area contributed by atoms with E-state index in [1.807, 2.05) is 32.0 Å². The van der Waals surface area contributed by atoms with E-state index in [4.69, 9.17) is 9.68 Å². The second-order valence-electron chi connectivity index (χ2n) is 9.20. The van der Waals surface area contributed by atoms with Gasteiger partial charge >= 0.3 is 5.97 Å². The molecule has 4 rings (SSSR count). The average molecular weight is 461 g/mol. The Kier molecular flexibility index (Phi) is 6.55. The van der Waals surface area contributed by atoms with Gasteiger partial charge in [0.15, 0.2) is 5.82 Å². The molecular formula is C26H28N4O4. The molecule has 0 unspecified atom stereocenters. The largest absolute Gasteiger partial charge is 0.477 e. The molecule has 0 spiro atoms. The third-order valence-corrected chi connectivity index (χ3v) is 6.40. The van der Waals surface area contributed by atoms with Crippen LogP contribution in [-0.2, 0) is 4.79 Å². The highest BCUT2D eigenvalue weighted by Crippen LogP contribution is 2.33. The number of hydrogen-bond donors (Lipinski definition) is 1. The van der Waals surface area contributed by atoms with E-state index in [0.717, 1.165) is 31.2 Å². The Labute approximate surface area is 198 Å². The molecule has 1 amide bonds. The summed E-state index contributed by atoms with van der Waals surface area (Å²) in [6.45, 7) is 5.95. The summed E-state index contributed by atoms with van der Waals surface area (Å²) in [5, 5.41) is 23.4. The predicted molar refractivity (Wildman–Crippen MR) is 127 cm³/mol. The molecule has 1 aromatic carbocycles. The van der Waals surface area contributed by atoms with Crippen molar-refractivity contribution in [1.82, 2.24) is 9.78 Å². The monoisotopic (exact) mass is 460 g/mol. The molecule has 2 aromatic heterocycles. The van der Waals surface area contributed by atoms with E-state index in [1.165, 1.54) is 10.9 Å². The topological polar surface area (TPSA) is 112 Å². The second-order valence-corrected chi connectivity index (χ2v) is 9.20. The molecule has 8 heteroatoms. The van der Waals surface area contributed by atoms with Crippen LogP contribution in [0.15, 0.2) is 47.0 Å². The smallest absolute Gasteiger partial charge is 0.341 e. The quantitative estimate of drug-likeness (QED) is 0.536. The normalized spacial score (nSPS) is 18.0. The van der Waals surface area contributed by atoms with E-state index in [9.17, 15) is 14.7 Å². The molecule has 1 fully saturated rings. The fourth-order valence-corrected chi connectivity index (χ4v) is 4.46. The van der Waals surface area contributed by atoms with Gasteiger partial charge in [-0.15, -0.1) is 5.10 Å². The van der Waals surface area contributed by atoms with Gasteiger partial charge in [-0.1, -0.05) is 6.92 Å². The number of hydrogen-bond acceptors (Lipinski definition) is 5. The molecular weight excluding hydrogens is 432 g/mol. The highest BCUT2D eigenvalue weighted by molar-refractivity contribution is 6.01. The Hall–Kier alpha value is -3.86. The molecule has 0 atom stereocenters. The molecule has 0 saturated heterocycles. The summed E-state index contributed by atoms with van der Waals surface area (Å²) in [6, 6.07) is 12.3. The van der Waals surface area contributed by atoms with Gasteiger partial charge in [-0.2, -0.15) is 5.26 Å². The summed E-state index contributed by atoms with van der Waals surface area (Å²) in [5.74, 6) is 0.267. The Bertz CT molecular complexity index is 1220. The molecule has 3 aromatic rings. The highest BCUT2D eigenvalue weighted by atomic mass is 16.4. The summed E-state index contributed by atoms with van der Waals surface area (Å²) in [6.07, 6.45) is 5.07. The number of aromatic carboxylic acids is 1. The molecule has 1 aliphatic rings. The number of nitrogens with zero attached hydrogens (tertiary/aromatic N) is 4. The van der Waals surface area contributed by atoms with Crippen LogP contribution in [0.3, 0.4) is 0 Å². The number of carboxylic acid groups (broad SMARTS) is 1. The van der Waals surface area contributed by atoms with Crippen LogP contribution in [0.5, 0.6) is 0 Å². The lowest BCUT2D eigenvalue weighted by Gasteiger charge is -2.32. The number of nitriles is 1. The van der Waals surface area contributed by atoms with Crippen LogP contribution in [-0.4, -0.2) is 32.8 Å². The van der Waals surface area contributed by atoms with Gasteiger partial charge in [-0.25, -0.2) is 9.48 Å². The van der Waals surface area contributed by atoms with Crippen molar-refractivity contribution < 1.29 is 19.1 Å². The van der Waals surface area contributed by atoms with Crippen LogP contribution in [0, 0.1) is 23.2 Å². The number of rotatable bonds is 6. The molecule has 0 bridgehead atoms. The number of carboxylic acids is 1. The highest BCUT2D eigenvalue weighted by Gasteiger charge is 2.34. The van der Waals surface area contributed by atoms with Gasteiger partial charge < -0.3 is 9.52 Å². The number of benzene rings is 1. The first kappa shape index (κ1) is 23.3. The number of carbonyl (C=O) groups excluding carboxylic acids is 1. The summed E-state index contributed by atoms with van der Waals surface area (Å²) in [7, 11) is 0. The van der Waals surface area contributed by atoms with Gasteiger partial charge in [-0.3, -0.25) is 9.69 Å². The Balaban J connectivity index is 1.66. The van der Waals surface area contributed by atoms with Crippen molar-refractivity contribution in [1.29, 1.82) is 5.26 Å². The summed E-state index contributed by atoms with van der Waals surface area (Å²) in [5.41, 5.74) is 1.41.